The number of carbonyl (C=O) groups excluding carboxylic acids is 1. The first-order valence-corrected chi connectivity index (χ1v) is 10.1. The fraction of sp³-hybridized carbons (Fsp3) is 0.500. The van der Waals surface area contributed by atoms with Crippen molar-refractivity contribution in [3.63, 3.8) is 0 Å². The number of ether oxygens (including phenoxy) is 3. The first-order chi connectivity index (χ1) is 13.2. The molecule has 1 unspecified atom stereocenters. The van der Waals surface area contributed by atoms with Crippen LogP contribution in [-0.4, -0.2) is 49.8 Å². The number of aromatic nitrogens is 1. The summed E-state index contributed by atoms with van der Waals surface area (Å²) in [5.41, 5.74) is 1.93. The molecule has 146 valence electrons. The van der Waals surface area contributed by atoms with Gasteiger partial charge in [0.05, 0.1) is 38.0 Å². The molecular formula is C20H26N2O4S. The molecule has 0 saturated carbocycles. The van der Waals surface area contributed by atoms with E-state index in [1.165, 1.54) is 0 Å². The van der Waals surface area contributed by atoms with Gasteiger partial charge >= 0.3 is 5.97 Å². The molecule has 1 aromatic carbocycles. The molecule has 0 bridgehead atoms. The van der Waals surface area contributed by atoms with E-state index in [1.807, 2.05) is 25.1 Å². The fourth-order valence-corrected chi connectivity index (χ4v) is 4.27. The number of thiazole rings is 1. The minimum Gasteiger partial charge on any atom is -0.493 e. The van der Waals surface area contributed by atoms with E-state index in [4.69, 9.17) is 19.2 Å². The maximum Gasteiger partial charge on any atom is 0.310 e. The van der Waals surface area contributed by atoms with Crippen LogP contribution in [0.2, 0.25) is 0 Å². The van der Waals surface area contributed by atoms with Crippen LogP contribution in [0.25, 0.3) is 10.6 Å². The Labute approximate surface area is 164 Å². The number of esters is 1. The third-order valence-electron chi connectivity index (χ3n) is 4.70. The van der Waals surface area contributed by atoms with Crippen molar-refractivity contribution < 1.29 is 19.0 Å². The van der Waals surface area contributed by atoms with Gasteiger partial charge in [0, 0.05) is 18.5 Å². The van der Waals surface area contributed by atoms with Gasteiger partial charge in [-0.25, -0.2) is 4.98 Å². The van der Waals surface area contributed by atoms with Crippen molar-refractivity contribution in [3.05, 3.63) is 29.3 Å². The Morgan fingerprint density at radius 3 is 2.93 bits per heavy atom. The van der Waals surface area contributed by atoms with Gasteiger partial charge in [0.25, 0.3) is 0 Å². The molecule has 1 aliphatic rings. The lowest BCUT2D eigenvalue weighted by Crippen LogP contribution is -2.39. The molecule has 1 saturated heterocycles. The van der Waals surface area contributed by atoms with Gasteiger partial charge in [-0.3, -0.25) is 9.69 Å². The zero-order chi connectivity index (χ0) is 19.2. The zero-order valence-corrected chi connectivity index (χ0v) is 16.9. The summed E-state index contributed by atoms with van der Waals surface area (Å²) >= 11 is 1.59. The van der Waals surface area contributed by atoms with E-state index >= 15 is 0 Å². The third kappa shape index (κ3) is 4.59. The smallest absolute Gasteiger partial charge is 0.310 e. The molecule has 6 nitrogen and oxygen atoms in total. The summed E-state index contributed by atoms with van der Waals surface area (Å²) in [5.74, 6) is 1.28. The van der Waals surface area contributed by atoms with E-state index in [-0.39, 0.29) is 11.9 Å². The number of hydrogen-bond donors (Lipinski definition) is 0. The molecule has 0 radical (unpaired) electrons. The van der Waals surface area contributed by atoms with Gasteiger partial charge in [-0.15, -0.1) is 11.3 Å². The van der Waals surface area contributed by atoms with E-state index < -0.39 is 0 Å². The van der Waals surface area contributed by atoms with Crippen molar-refractivity contribution in [2.24, 2.45) is 5.92 Å². The molecule has 1 fully saturated rings. The molecule has 0 amide bonds. The van der Waals surface area contributed by atoms with Crippen LogP contribution in [0.4, 0.5) is 0 Å². The average molecular weight is 391 g/mol. The lowest BCUT2D eigenvalue weighted by molar-refractivity contribution is -0.150. The van der Waals surface area contributed by atoms with Crippen LogP contribution in [0, 0.1) is 5.92 Å². The van der Waals surface area contributed by atoms with E-state index in [9.17, 15) is 4.79 Å². The molecule has 2 heterocycles. The molecule has 7 heteroatoms. The highest BCUT2D eigenvalue weighted by Gasteiger charge is 2.27. The molecule has 1 aromatic heterocycles. The van der Waals surface area contributed by atoms with Gasteiger partial charge in [-0.05, 0) is 38.4 Å². The largest absolute Gasteiger partial charge is 0.493 e. The van der Waals surface area contributed by atoms with E-state index in [0.29, 0.717) is 18.1 Å². The van der Waals surface area contributed by atoms with Crippen molar-refractivity contribution in [1.29, 1.82) is 0 Å². The first kappa shape index (κ1) is 19.6. The highest BCUT2D eigenvalue weighted by Crippen LogP contribution is 2.39. The molecule has 0 aliphatic carbocycles. The number of hydrogen-bond acceptors (Lipinski definition) is 7. The molecular weight excluding hydrogens is 364 g/mol. The Balaban J connectivity index is 1.71. The normalized spacial score (nSPS) is 17.5. The predicted molar refractivity (Wildman–Crippen MR) is 105 cm³/mol. The van der Waals surface area contributed by atoms with E-state index in [1.54, 1.807) is 25.6 Å². The average Bonchev–Trinajstić information content (AvgIpc) is 3.15. The second-order valence-electron chi connectivity index (χ2n) is 6.51. The summed E-state index contributed by atoms with van der Waals surface area (Å²) in [6.07, 6.45) is 1.91. The van der Waals surface area contributed by atoms with Gasteiger partial charge < -0.3 is 14.2 Å². The third-order valence-corrected chi connectivity index (χ3v) is 5.62. The van der Waals surface area contributed by atoms with Crippen LogP contribution in [0.15, 0.2) is 23.6 Å². The molecule has 2 aromatic rings. The highest BCUT2D eigenvalue weighted by molar-refractivity contribution is 7.13. The number of likely N-dealkylation sites (tertiary alicyclic amines) is 1. The summed E-state index contributed by atoms with van der Waals surface area (Å²) in [5, 5.41) is 2.97. The number of nitrogens with zero attached hydrogens (tertiary/aromatic N) is 2. The molecule has 0 N–H and O–H groups in total. The maximum atomic E-state index is 12.0. The Hall–Kier alpha value is -2.12. The first-order valence-electron chi connectivity index (χ1n) is 9.21. The molecule has 27 heavy (non-hydrogen) atoms. The molecule has 3 rings (SSSR count). The second kappa shape index (κ2) is 9.19. The Kier molecular flexibility index (Phi) is 6.68. The predicted octanol–water partition coefficient (Wildman–Crippen LogP) is 3.60. The minimum atomic E-state index is -0.0812. The van der Waals surface area contributed by atoms with Crippen LogP contribution >= 0.6 is 11.3 Å². The van der Waals surface area contributed by atoms with Crippen LogP contribution in [0.1, 0.15) is 25.5 Å². The Morgan fingerprint density at radius 1 is 1.33 bits per heavy atom. The van der Waals surface area contributed by atoms with Gasteiger partial charge in [0.2, 0.25) is 0 Å². The summed E-state index contributed by atoms with van der Waals surface area (Å²) in [4.78, 5) is 19.1. The number of benzene rings is 1. The van der Waals surface area contributed by atoms with Crippen LogP contribution in [0.5, 0.6) is 11.5 Å². The Bertz CT molecular complexity index is 777. The van der Waals surface area contributed by atoms with Crippen LogP contribution in [-0.2, 0) is 16.1 Å². The van der Waals surface area contributed by atoms with Crippen molar-refractivity contribution in [2.75, 3.05) is 33.9 Å². The number of piperidine rings is 1. The number of para-hydroxylation sites is 1. The molecule has 0 spiro atoms. The van der Waals surface area contributed by atoms with E-state index in [2.05, 4.69) is 10.3 Å². The highest BCUT2D eigenvalue weighted by atomic mass is 32.1. The summed E-state index contributed by atoms with van der Waals surface area (Å²) in [6, 6.07) is 5.80. The molecule has 1 aliphatic heterocycles. The van der Waals surface area contributed by atoms with Crippen molar-refractivity contribution in [1.82, 2.24) is 9.88 Å². The zero-order valence-electron chi connectivity index (χ0n) is 16.1. The number of carbonyl (C=O) groups is 1. The monoisotopic (exact) mass is 390 g/mol. The van der Waals surface area contributed by atoms with E-state index in [0.717, 1.165) is 48.7 Å². The number of methoxy groups -OCH3 is 2. The quantitative estimate of drug-likeness (QED) is 0.673. The summed E-state index contributed by atoms with van der Waals surface area (Å²) in [6.45, 7) is 4.73. The lowest BCUT2D eigenvalue weighted by Gasteiger charge is -2.30. The fourth-order valence-electron chi connectivity index (χ4n) is 3.44. The van der Waals surface area contributed by atoms with Gasteiger partial charge in [-0.2, -0.15) is 0 Å². The van der Waals surface area contributed by atoms with Crippen LogP contribution < -0.4 is 9.47 Å². The SMILES string of the molecule is CCOC(=O)C1CCCN(Cc2csc(-c3cccc(OC)c3OC)n2)C1. The summed E-state index contributed by atoms with van der Waals surface area (Å²) in [7, 11) is 3.27. The standard InChI is InChI=1S/C20H26N2O4S/c1-4-26-20(23)14-7-6-10-22(11-14)12-15-13-27-19(21-15)16-8-5-9-17(24-2)18(16)25-3/h5,8-9,13-14H,4,6-7,10-12H2,1-3H3. The Morgan fingerprint density at radius 2 is 2.19 bits per heavy atom. The minimum absolute atomic E-state index is 0.0321. The molecule has 1 atom stereocenters. The van der Waals surface area contributed by atoms with Gasteiger partial charge in [0.15, 0.2) is 11.5 Å². The number of rotatable bonds is 7. The van der Waals surface area contributed by atoms with Crippen LogP contribution in [0.3, 0.4) is 0 Å². The van der Waals surface area contributed by atoms with Crippen molar-refractivity contribution in [3.8, 4) is 22.1 Å². The second-order valence-corrected chi connectivity index (χ2v) is 7.37. The van der Waals surface area contributed by atoms with Gasteiger partial charge in [-0.1, -0.05) is 6.07 Å². The van der Waals surface area contributed by atoms with Gasteiger partial charge in [0.1, 0.15) is 5.01 Å². The topological polar surface area (TPSA) is 60.9 Å². The summed E-state index contributed by atoms with van der Waals surface area (Å²) < 4.78 is 16.1. The van der Waals surface area contributed by atoms with Crippen molar-refractivity contribution in [2.45, 2.75) is 26.3 Å². The van der Waals surface area contributed by atoms with Crippen molar-refractivity contribution >= 4 is 17.3 Å². The maximum absolute atomic E-state index is 12.0. The lowest BCUT2D eigenvalue weighted by atomic mass is 9.98.